The molecule has 0 saturated heterocycles. The summed E-state index contributed by atoms with van der Waals surface area (Å²) >= 11 is 3.36. The molecule has 6 rings (SSSR count). The predicted octanol–water partition coefficient (Wildman–Crippen LogP) is 8.51. The molecule has 0 amide bonds. The fourth-order valence-electron chi connectivity index (χ4n) is 4.45. The highest BCUT2D eigenvalue weighted by molar-refractivity contribution is 7.16. The Labute approximate surface area is 199 Å². The molecular weight excluding hydrogens is 442 g/mol. The second kappa shape index (κ2) is 7.76. The van der Waals surface area contributed by atoms with E-state index in [0.717, 1.165) is 21.0 Å². The number of hydrogen-bond donors (Lipinski definition) is 0. The highest BCUT2D eigenvalue weighted by atomic mass is 32.1. The van der Waals surface area contributed by atoms with E-state index in [9.17, 15) is 0 Å². The Morgan fingerprint density at radius 3 is 2.45 bits per heavy atom. The van der Waals surface area contributed by atoms with E-state index >= 15 is 0 Å². The van der Waals surface area contributed by atoms with Crippen LogP contribution in [0.4, 0.5) is 17.1 Å². The molecular formula is C28H15N3S2. The molecule has 0 saturated carbocycles. The van der Waals surface area contributed by atoms with Gasteiger partial charge >= 0.3 is 0 Å². The number of fused-ring (bicyclic) bond motifs is 2. The maximum Gasteiger partial charge on any atom is 0.131 e. The molecule has 2 aromatic heterocycles. The summed E-state index contributed by atoms with van der Waals surface area (Å²) in [5, 5.41) is 22.8. The van der Waals surface area contributed by atoms with Gasteiger partial charge in [0.25, 0.3) is 0 Å². The van der Waals surface area contributed by atoms with Crippen LogP contribution in [0.5, 0.6) is 0 Å². The van der Waals surface area contributed by atoms with Gasteiger partial charge in [-0.3, -0.25) is 0 Å². The van der Waals surface area contributed by atoms with Gasteiger partial charge in [-0.15, -0.1) is 22.7 Å². The smallest absolute Gasteiger partial charge is 0.131 e. The van der Waals surface area contributed by atoms with Crippen LogP contribution in [-0.4, -0.2) is 0 Å². The fraction of sp³-hybridized carbons (Fsp3) is 0. The van der Waals surface area contributed by atoms with Gasteiger partial charge < -0.3 is 4.90 Å². The zero-order valence-electron chi connectivity index (χ0n) is 17.3. The van der Waals surface area contributed by atoms with Crippen LogP contribution in [0.1, 0.15) is 4.88 Å². The summed E-state index contributed by atoms with van der Waals surface area (Å²) in [5.74, 6) is 0. The Morgan fingerprint density at radius 1 is 0.788 bits per heavy atom. The van der Waals surface area contributed by atoms with Gasteiger partial charge in [0.05, 0.1) is 16.3 Å². The minimum atomic E-state index is 0.115. The first-order valence-corrected chi connectivity index (χ1v) is 12.1. The molecule has 5 aromatic rings. The van der Waals surface area contributed by atoms with Crippen LogP contribution < -0.4 is 4.90 Å². The number of nitriles is 2. The Balaban J connectivity index is 1.59. The van der Waals surface area contributed by atoms with Crippen molar-refractivity contribution in [2.45, 2.75) is 0 Å². The van der Waals surface area contributed by atoms with Crippen molar-refractivity contribution < 1.29 is 0 Å². The van der Waals surface area contributed by atoms with Crippen LogP contribution in [0.3, 0.4) is 0 Å². The first-order chi connectivity index (χ1) is 16.3. The van der Waals surface area contributed by atoms with Gasteiger partial charge in [-0.2, -0.15) is 10.5 Å². The second-order valence-electron chi connectivity index (χ2n) is 7.65. The molecule has 0 atom stereocenters. The molecule has 3 nitrogen and oxygen atoms in total. The van der Waals surface area contributed by atoms with E-state index in [0.29, 0.717) is 0 Å². The molecule has 0 bridgehead atoms. The van der Waals surface area contributed by atoms with Crippen LogP contribution in [0, 0.1) is 22.7 Å². The van der Waals surface area contributed by atoms with Crippen molar-refractivity contribution in [2.24, 2.45) is 0 Å². The van der Waals surface area contributed by atoms with Gasteiger partial charge in [0.1, 0.15) is 17.7 Å². The number of thiophene rings is 2. The molecule has 0 aliphatic carbocycles. The van der Waals surface area contributed by atoms with Crippen molar-refractivity contribution in [2.75, 3.05) is 4.90 Å². The first-order valence-electron chi connectivity index (χ1n) is 10.4. The summed E-state index contributed by atoms with van der Waals surface area (Å²) in [6.45, 7) is 0. The van der Waals surface area contributed by atoms with E-state index < -0.39 is 0 Å². The quantitative estimate of drug-likeness (QED) is 0.250. The number of benzene rings is 3. The molecule has 1 aliphatic heterocycles. The van der Waals surface area contributed by atoms with Crippen LogP contribution in [0.15, 0.2) is 89.8 Å². The SMILES string of the molecule is N#CC(C#N)=Cc1ccc(-c2ccc3c4c(cccc24)-c2sccc2N3c2ccccc2)s1. The lowest BCUT2D eigenvalue weighted by Gasteiger charge is -2.32. The minimum Gasteiger partial charge on any atom is -0.308 e. The van der Waals surface area contributed by atoms with Crippen molar-refractivity contribution in [1.29, 1.82) is 10.5 Å². The van der Waals surface area contributed by atoms with Gasteiger partial charge in [0.15, 0.2) is 0 Å². The van der Waals surface area contributed by atoms with Crippen LogP contribution in [-0.2, 0) is 0 Å². The molecule has 5 heteroatoms. The largest absolute Gasteiger partial charge is 0.308 e. The van der Waals surface area contributed by atoms with Gasteiger partial charge in [-0.25, -0.2) is 0 Å². The third kappa shape index (κ3) is 3.07. The van der Waals surface area contributed by atoms with Gasteiger partial charge in [-0.1, -0.05) is 42.5 Å². The lowest BCUT2D eigenvalue weighted by molar-refractivity contribution is 1.30. The number of allylic oxidation sites excluding steroid dienone is 1. The molecule has 3 aromatic carbocycles. The third-order valence-electron chi connectivity index (χ3n) is 5.82. The summed E-state index contributed by atoms with van der Waals surface area (Å²) in [6, 6.07) is 31.5. The molecule has 154 valence electrons. The summed E-state index contributed by atoms with van der Waals surface area (Å²) in [5.41, 5.74) is 6.06. The molecule has 33 heavy (non-hydrogen) atoms. The number of nitrogens with zero attached hydrogens (tertiary/aromatic N) is 3. The van der Waals surface area contributed by atoms with Gasteiger partial charge in [-0.05, 0) is 58.8 Å². The Kier molecular flexibility index (Phi) is 4.59. The molecule has 0 unspecified atom stereocenters. The van der Waals surface area contributed by atoms with E-state index in [-0.39, 0.29) is 5.57 Å². The highest BCUT2D eigenvalue weighted by Crippen LogP contribution is 2.54. The standard InChI is InChI=1S/C28H15N3S2/c29-16-18(17-30)15-20-9-12-26(33-20)21-10-11-24-27-22(21)7-4-8-23(27)28-25(13-14-32-28)31(24)19-5-2-1-3-6-19/h1-15H. The Hall–Kier alpha value is -4.16. The number of anilines is 3. The zero-order valence-corrected chi connectivity index (χ0v) is 19.0. The van der Waals surface area contributed by atoms with Crippen LogP contribution in [0.25, 0.3) is 37.7 Å². The van der Waals surface area contributed by atoms with E-state index in [4.69, 9.17) is 10.5 Å². The van der Waals surface area contributed by atoms with Crippen LogP contribution in [0.2, 0.25) is 0 Å². The van der Waals surface area contributed by atoms with Crippen molar-refractivity contribution in [1.82, 2.24) is 0 Å². The summed E-state index contributed by atoms with van der Waals surface area (Å²) in [7, 11) is 0. The summed E-state index contributed by atoms with van der Waals surface area (Å²) in [6.07, 6.45) is 1.65. The highest BCUT2D eigenvalue weighted by Gasteiger charge is 2.27. The fourth-order valence-corrected chi connectivity index (χ4v) is 6.35. The molecule has 0 spiro atoms. The zero-order chi connectivity index (χ0) is 22.4. The van der Waals surface area contributed by atoms with E-state index in [1.807, 2.05) is 24.3 Å². The van der Waals surface area contributed by atoms with Crippen molar-refractivity contribution in [3.05, 3.63) is 94.7 Å². The van der Waals surface area contributed by atoms with Gasteiger partial charge in [0.2, 0.25) is 0 Å². The van der Waals surface area contributed by atoms with E-state index in [2.05, 4.69) is 77.0 Å². The Bertz CT molecular complexity index is 1630. The topological polar surface area (TPSA) is 50.8 Å². The van der Waals surface area contributed by atoms with Crippen LogP contribution >= 0.6 is 22.7 Å². The maximum atomic E-state index is 9.09. The average molecular weight is 458 g/mol. The van der Waals surface area contributed by atoms with Crippen molar-refractivity contribution in [3.63, 3.8) is 0 Å². The third-order valence-corrected chi connectivity index (χ3v) is 7.83. The molecule has 1 aliphatic rings. The second-order valence-corrected chi connectivity index (χ2v) is 9.68. The number of para-hydroxylation sites is 1. The molecule has 3 heterocycles. The minimum absolute atomic E-state index is 0.115. The number of hydrogen-bond acceptors (Lipinski definition) is 5. The maximum absolute atomic E-state index is 9.09. The number of rotatable bonds is 3. The Morgan fingerprint density at radius 2 is 1.64 bits per heavy atom. The lowest BCUT2D eigenvalue weighted by Crippen LogP contribution is -2.13. The monoisotopic (exact) mass is 457 g/mol. The molecule has 0 fully saturated rings. The van der Waals surface area contributed by atoms with Crippen molar-refractivity contribution >= 4 is 56.6 Å². The molecule has 0 N–H and O–H groups in total. The normalized spacial score (nSPS) is 11.5. The lowest BCUT2D eigenvalue weighted by atomic mass is 9.92. The van der Waals surface area contributed by atoms with Crippen molar-refractivity contribution in [3.8, 4) is 33.0 Å². The van der Waals surface area contributed by atoms with Gasteiger partial charge in [0, 0.05) is 26.4 Å². The van der Waals surface area contributed by atoms with E-state index in [1.54, 1.807) is 28.7 Å². The first kappa shape index (κ1) is 19.5. The van der Waals surface area contributed by atoms with E-state index in [1.165, 1.54) is 32.6 Å². The summed E-state index contributed by atoms with van der Waals surface area (Å²) < 4.78 is 0. The molecule has 0 radical (unpaired) electrons. The average Bonchev–Trinajstić information content (AvgIpc) is 3.53. The summed E-state index contributed by atoms with van der Waals surface area (Å²) in [4.78, 5) is 5.63. The predicted molar refractivity (Wildman–Crippen MR) is 138 cm³/mol.